The summed E-state index contributed by atoms with van der Waals surface area (Å²) in [5.74, 6) is -1.17. The van der Waals surface area contributed by atoms with E-state index in [1.54, 1.807) is 6.08 Å². The molecule has 5 heteroatoms. The van der Waals surface area contributed by atoms with Crippen LogP contribution in [0.4, 0.5) is 0 Å². The lowest BCUT2D eigenvalue weighted by Crippen LogP contribution is -2.28. The van der Waals surface area contributed by atoms with E-state index in [2.05, 4.69) is 24.9 Å². The molecule has 0 heterocycles. The first-order chi connectivity index (χ1) is 10.6. The van der Waals surface area contributed by atoms with Crippen molar-refractivity contribution in [3.63, 3.8) is 0 Å². The number of carbonyl (C=O) groups excluding carboxylic acids is 1. The number of rotatable bonds is 14. The number of carboxylic acids is 1. The standard InChI is InChI=1S/C17H31NO3S/c1-2-3-4-5-6-7-8-9-11-15(17(20)21)14-16(19)18-12-10-13-22/h9,11,15,22H,2-8,10,12-14H2,1H3,(H,18,19)(H,20,21). The minimum absolute atomic E-state index is 0.00883. The first-order valence-corrected chi connectivity index (χ1v) is 9.02. The van der Waals surface area contributed by atoms with E-state index in [4.69, 9.17) is 5.11 Å². The fourth-order valence-electron chi connectivity index (χ4n) is 2.12. The normalized spacial score (nSPS) is 12.5. The average Bonchev–Trinajstić information content (AvgIpc) is 2.48. The van der Waals surface area contributed by atoms with Crippen LogP contribution in [-0.4, -0.2) is 29.3 Å². The molecule has 0 aliphatic carbocycles. The Balaban J connectivity index is 3.90. The van der Waals surface area contributed by atoms with Crippen LogP contribution in [0.1, 0.15) is 64.7 Å². The fourth-order valence-corrected chi connectivity index (χ4v) is 2.28. The Morgan fingerprint density at radius 1 is 1.14 bits per heavy atom. The van der Waals surface area contributed by atoms with Crippen LogP contribution in [0.25, 0.3) is 0 Å². The largest absolute Gasteiger partial charge is 0.481 e. The summed E-state index contributed by atoms with van der Waals surface area (Å²) in [7, 11) is 0. The van der Waals surface area contributed by atoms with Gasteiger partial charge in [-0.3, -0.25) is 9.59 Å². The van der Waals surface area contributed by atoms with Crippen LogP contribution in [0.3, 0.4) is 0 Å². The maximum absolute atomic E-state index is 11.6. The van der Waals surface area contributed by atoms with Crippen LogP contribution in [0.2, 0.25) is 0 Å². The third-order valence-electron chi connectivity index (χ3n) is 3.47. The molecule has 1 amide bonds. The monoisotopic (exact) mass is 329 g/mol. The number of thiol groups is 1. The molecule has 0 aliphatic rings. The Labute approximate surface area is 140 Å². The van der Waals surface area contributed by atoms with E-state index in [9.17, 15) is 9.59 Å². The van der Waals surface area contributed by atoms with Crippen molar-refractivity contribution in [2.24, 2.45) is 5.92 Å². The van der Waals surface area contributed by atoms with Gasteiger partial charge in [0.05, 0.1) is 5.92 Å². The number of carbonyl (C=O) groups is 2. The molecule has 0 rings (SSSR count). The fraction of sp³-hybridized carbons (Fsp3) is 0.765. The molecule has 0 saturated carbocycles. The lowest BCUT2D eigenvalue weighted by molar-refractivity contribution is -0.142. The van der Waals surface area contributed by atoms with Crippen LogP contribution in [0, 0.1) is 5.92 Å². The van der Waals surface area contributed by atoms with Crippen LogP contribution in [-0.2, 0) is 9.59 Å². The van der Waals surface area contributed by atoms with Crippen LogP contribution in [0.5, 0.6) is 0 Å². The van der Waals surface area contributed by atoms with Gasteiger partial charge in [0.1, 0.15) is 0 Å². The second kappa shape index (κ2) is 14.9. The molecule has 0 aliphatic heterocycles. The summed E-state index contributed by atoms with van der Waals surface area (Å²) in [6.45, 7) is 2.75. The lowest BCUT2D eigenvalue weighted by Gasteiger charge is -2.08. The van der Waals surface area contributed by atoms with Gasteiger partial charge in [-0.25, -0.2) is 0 Å². The summed E-state index contributed by atoms with van der Waals surface area (Å²) in [6, 6.07) is 0. The number of amides is 1. The van der Waals surface area contributed by atoms with Gasteiger partial charge >= 0.3 is 5.97 Å². The Hall–Kier alpha value is -0.970. The Kier molecular flexibility index (Phi) is 14.3. The maximum Gasteiger partial charge on any atom is 0.310 e. The molecule has 1 atom stereocenters. The van der Waals surface area contributed by atoms with Gasteiger partial charge in [-0.2, -0.15) is 12.6 Å². The summed E-state index contributed by atoms with van der Waals surface area (Å²) in [5, 5.41) is 11.9. The van der Waals surface area contributed by atoms with E-state index in [1.165, 1.54) is 32.1 Å². The third kappa shape index (κ3) is 12.7. The zero-order chi connectivity index (χ0) is 16.6. The lowest BCUT2D eigenvalue weighted by atomic mass is 10.0. The Morgan fingerprint density at radius 2 is 1.82 bits per heavy atom. The summed E-state index contributed by atoms with van der Waals surface area (Å²) in [6.07, 6.45) is 12.6. The molecule has 0 aromatic heterocycles. The molecular weight excluding hydrogens is 298 g/mol. The average molecular weight is 330 g/mol. The predicted octanol–water partition coefficient (Wildman–Crippen LogP) is 3.82. The summed E-state index contributed by atoms with van der Waals surface area (Å²) in [5.41, 5.74) is 0. The van der Waals surface area contributed by atoms with E-state index >= 15 is 0 Å². The molecule has 1 unspecified atom stereocenters. The second-order valence-corrected chi connectivity index (χ2v) is 6.01. The van der Waals surface area contributed by atoms with Gasteiger partial charge < -0.3 is 10.4 Å². The van der Waals surface area contributed by atoms with E-state index in [1.807, 2.05) is 6.08 Å². The summed E-state index contributed by atoms with van der Waals surface area (Å²) < 4.78 is 0. The number of hydrogen-bond donors (Lipinski definition) is 3. The van der Waals surface area contributed by atoms with E-state index < -0.39 is 11.9 Å². The van der Waals surface area contributed by atoms with Gasteiger partial charge in [-0.05, 0) is 25.0 Å². The van der Waals surface area contributed by atoms with E-state index in [-0.39, 0.29) is 12.3 Å². The smallest absolute Gasteiger partial charge is 0.310 e. The van der Waals surface area contributed by atoms with Crippen molar-refractivity contribution >= 4 is 24.5 Å². The molecular formula is C17H31NO3S. The maximum atomic E-state index is 11.6. The molecule has 0 bridgehead atoms. The highest BCUT2D eigenvalue weighted by Crippen LogP contribution is 2.10. The minimum atomic E-state index is -0.941. The van der Waals surface area contributed by atoms with Gasteiger partial charge in [-0.15, -0.1) is 0 Å². The van der Waals surface area contributed by atoms with Crippen molar-refractivity contribution in [3.05, 3.63) is 12.2 Å². The van der Waals surface area contributed by atoms with Crippen molar-refractivity contribution in [1.29, 1.82) is 0 Å². The third-order valence-corrected chi connectivity index (χ3v) is 3.79. The molecule has 2 N–H and O–H groups in total. The number of nitrogens with one attached hydrogen (secondary N) is 1. The van der Waals surface area contributed by atoms with Crippen LogP contribution in [0.15, 0.2) is 12.2 Å². The zero-order valence-electron chi connectivity index (χ0n) is 13.7. The van der Waals surface area contributed by atoms with Gasteiger partial charge in [0.25, 0.3) is 0 Å². The number of unbranched alkanes of at least 4 members (excludes halogenated alkanes) is 6. The molecule has 0 aromatic carbocycles. The zero-order valence-corrected chi connectivity index (χ0v) is 14.6. The molecule has 0 aromatic rings. The van der Waals surface area contributed by atoms with E-state index in [0.717, 1.165) is 19.3 Å². The van der Waals surface area contributed by atoms with E-state index in [0.29, 0.717) is 12.3 Å². The first-order valence-electron chi connectivity index (χ1n) is 8.38. The van der Waals surface area contributed by atoms with Crippen LogP contribution >= 0.6 is 12.6 Å². The molecule has 22 heavy (non-hydrogen) atoms. The SMILES string of the molecule is CCCCCCCCC=CC(CC(=O)NCCCS)C(=O)O. The number of aliphatic carboxylic acids is 1. The van der Waals surface area contributed by atoms with Crippen molar-refractivity contribution < 1.29 is 14.7 Å². The molecule has 4 nitrogen and oxygen atoms in total. The predicted molar refractivity (Wildman–Crippen MR) is 94.4 cm³/mol. The summed E-state index contributed by atoms with van der Waals surface area (Å²) in [4.78, 5) is 22.8. The number of allylic oxidation sites excluding steroid dienone is 1. The first kappa shape index (κ1) is 21.0. The molecule has 0 saturated heterocycles. The second-order valence-electron chi connectivity index (χ2n) is 5.56. The Bertz CT molecular complexity index is 332. The Morgan fingerprint density at radius 3 is 2.45 bits per heavy atom. The highest BCUT2D eigenvalue weighted by molar-refractivity contribution is 7.80. The van der Waals surface area contributed by atoms with Gasteiger partial charge in [0.2, 0.25) is 5.91 Å². The topological polar surface area (TPSA) is 66.4 Å². The summed E-state index contributed by atoms with van der Waals surface area (Å²) >= 11 is 4.06. The molecule has 128 valence electrons. The highest BCUT2D eigenvalue weighted by atomic mass is 32.1. The highest BCUT2D eigenvalue weighted by Gasteiger charge is 2.17. The van der Waals surface area contributed by atoms with Gasteiger partial charge in [0.15, 0.2) is 0 Å². The molecule has 0 radical (unpaired) electrons. The molecule has 0 fully saturated rings. The van der Waals surface area contributed by atoms with Gasteiger partial charge in [0, 0.05) is 13.0 Å². The van der Waals surface area contributed by atoms with Crippen molar-refractivity contribution in [3.8, 4) is 0 Å². The van der Waals surface area contributed by atoms with Crippen molar-refractivity contribution in [2.45, 2.75) is 64.7 Å². The quantitative estimate of drug-likeness (QED) is 0.258. The minimum Gasteiger partial charge on any atom is -0.481 e. The van der Waals surface area contributed by atoms with Crippen molar-refractivity contribution in [2.75, 3.05) is 12.3 Å². The number of hydrogen-bond acceptors (Lipinski definition) is 3. The van der Waals surface area contributed by atoms with Gasteiger partial charge in [-0.1, -0.05) is 51.2 Å². The number of carboxylic acid groups (broad SMARTS) is 1. The van der Waals surface area contributed by atoms with Crippen molar-refractivity contribution in [1.82, 2.24) is 5.32 Å². The van der Waals surface area contributed by atoms with Crippen LogP contribution < -0.4 is 5.32 Å². The molecule has 0 spiro atoms.